The van der Waals surface area contributed by atoms with Gasteiger partial charge in [0.05, 0.1) is 10.8 Å². The Kier molecular flexibility index (Phi) is 6.29. The predicted molar refractivity (Wildman–Crippen MR) is 149 cm³/mol. The molecule has 8 bridgehead atoms. The summed E-state index contributed by atoms with van der Waals surface area (Å²) < 4.78 is 15.6. The molecule has 37 heavy (non-hydrogen) atoms. The average Bonchev–Trinajstić information content (AvgIpc) is 2.83. The summed E-state index contributed by atoms with van der Waals surface area (Å²) in [4.78, 5) is 32.0. The molecule has 0 N–H and O–H groups in total. The molecule has 8 saturated carbocycles. The molecule has 0 radical (unpaired) electrons. The lowest BCUT2D eigenvalue weighted by Crippen LogP contribution is -2.64. The molecule has 0 aliphatic heterocycles. The third kappa shape index (κ3) is 3.57. The van der Waals surface area contributed by atoms with Crippen molar-refractivity contribution in [1.29, 1.82) is 0 Å². The fraction of sp³-hybridized carbons (Fsp3) is 0.933. The molecule has 2 amide bonds. The molecule has 7 atom stereocenters. The molecule has 3 unspecified atom stereocenters. The van der Waals surface area contributed by atoms with Gasteiger partial charge in [-0.05, 0) is 128 Å². The Morgan fingerprint density at radius 2 is 0.946 bits per heavy atom. The van der Waals surface area contributed by atoms with Crippen LogP contribution < -0.4 is 0 Å². The van der Waals surface area contributed by atoms with Crippen LogP contribution in [0.25, 0.3) is 0 Å². The van der Waals surface area contributed by atoms with Crippen LogP contribution in [0.1, 0.15) is 105 Å². The molecule has 8 fully saturated rings. The first-order valence-corrected chi connectivity index (χ1v) is 18.0. The number of hydrogen-bond acceptors (Lipinski definition) is 3. The third-order valence-electron chi connectivity index (χ3n) is 12.3. The van der Waals surface area contributed by atoms with Crippen molar-refractivity contribution in [3.8, 4) is 0 Å². The highest BCUT2D eigenvalue weighted by Gasteiger charge is 2.74. The highest BCUT2D eigenvalue weighted by Crippen LogP contribution is 2.87. The molecule has 0 heterocycles. The van der Waals surface area contributed by atoms with E-state index in [2.05, 4.69) is 27.7 Å². The van der Waals surface area contributed by atoms with Crippen LogP contribution >= 0.6 is 17.7 Å². The summed E-state index contributed by atoms with van der Waals surface area (Å²) in [7, 11) is 0. The average molecular weight is 551 g/mol. The molecule has 0 aromatic heterocycles. The summed E-state index contributed by atoms with van der Waals surface area (Å²) in [6.07, 6.45) is 11.4. The normalized spacial score (nSPS) is 46.6. The molecular weight excluding hydrogens is 503 g/mol. The molecule has 8 rings (SSSR count). The van der Waals surface area contributed by atoms with Gasteiger partial charge in [0.2, 0.25) is 11.8 Å². The highest BCUT2D eigenvalue weighted by atomic mass is 35.7. The molecule has 8 aliphatic carbocycles. The first-order valence-electron chi connectivity index (χ1n) is 15.4. The summed E-state index contributed by atoms with van der Waals surface area (Å²) in [6, 6.07) is 0. The summed E-state index contributed by atoms with van der Waals surface area (Å²) in [5.74, 6) is 2.46. The quantitative estimate of drug-likeness (QED) is 0.308. The first-order chi connectivity index (χ1) is 17.5. The number of amides is 2. The Hall–Kier alpha value is -0.540. The second-order valence-electron chi connectivity index (χ2n) is 14.4. The van der Waals surface area contributed by atoms with Crippen molar-refractivity contribution in [2.45, 2.75) is 115 Å². The van der Waals surface area contributed by atoms with Gasteiger partial charge >= 0.3 is 0 Å². The number of carbonyl (C=O) groups excluding carboxylic acids is 2. The van der Waals surface area contributed by atoms with E-state index in [0.717, 1.165) is 90.4 Å². The second-order valence-corrected chi connectivity index (χ2v) is 18.8. The van der Waals surface area contributed by atoms with Gasteiger partial charge in [-0.1, -0.05) is 11.2 Å². The molecule has 0 aromatic rings. The van der Waals surface area contributed by atoms with Crippen LogP contribution in [0.2, 0.25) is 0 Å². The number of rotatable bonds is 8. The maximum atomic E-state index is 15.6. The Balaban J connectivity index is 1.39. The SMILES string of the molecule is CCN(CC)C(=O)C12C[C@H]3C[C@@H](C1)CC(P(=O)(Cl)C14C[C@H]5C[C@@H](CC(C(=O)N(CC)CC)(C5)C1)C4)(C3)C2. The molecule has 5 nitrogen and oxygen atoms in total. The number of carbonyl (C=O) groups is 2. The Bertz CT molecular complexity index is 916. The van der Waals surface area contributed by atoms with E-state index in [1.165, 1.54) is 12.8 Å². The van der Waals surface area contributed by atoms with E-state index in [1.54, 1.807) is 0 Å². The zero-order valence-corrected chi connectivity index (χ0v) is 25.2. The van der Waals surface area contributed by atoms with Crippen molar-refractivity contribution in [2.24, 2.45) is 34.5 Å². The topological polar surface area (TPSA) is 57.7 Å². The largest absolute Gasteiger partial charge is 0.343 e. The highest BCUT2D eigenvalue weighted by molar-refractivity contribution is 7.91. The van der Waals surface area contributed by atoms with Crippen molar-refractivity contribution >= 4 is 29.5 Å². The van der Waals surface area contributed by atoms with Gasteiger partial charge in [0.1, 0.15) is 0 Å². The van der Waals surface area contributed by atoms with E-state index in [1.807, 2.05) is 9.80 Å². The maximum absolute atomic E-state index is 15.6. The predicted octanol–water partition coefficient (Wildman–Crippen LogP) is 6.92. The Morgan fingerprint density at radius 1 is 0.649 bits per heavy atom. The molecule has 208 valence electrons. The Morgan fingerprint density at radius 3 is 1.22 bits per heavy atom. The third-order valence-corrected chi connectivity index (χ3v) is 17.9. The molecule has 0 aromatic carbocycles. The van der Waals surface area contributed by atoms with Gasteiger partial charge in [-0.3, -0.25) is 9.59 Å². The zero-order valence-electron chi connectivity index (χ0n) is 23.6. The zero-order chi connectivity index (χ0) is 26.4. The van der Waals surface area contributed by atoms with Crippen molar-refractivity contribution in [1.82, 2.24) is 9.80 Å². The maximum Gasteiger partial charge on any atom is 0.228 e. The van der Waals surface area contributed by atoms with E-state index >= 15 is 4.57 Å². The van der Waals surface area contributed by atoms with E-state index in [-0.39, 0.29) is 10.8 Å². The van der Waals surface area contributed by atoms with Gasteiger partial charge in [-0.2, -0.15) is 0 Å². The van der Waals surface area contributed by atoms with Gasteiger partial charge < -0.3 is 14.4 Å². The lowest BCUT2D eigenvalue weighted by atomic mass is 9.48. The summed E-state index contributed by atoms with van der Waals surface area (Å²) in [5.41, 5.74) is -0.755. The van der Waals surface area contributed by atoms with Crippen LogP contribution in [0.4, 0.5) is 0 Å². The van der Waals surface area contributed by atoms with Crippen LogP contribution in [0.15, 0.2) is 0 Å². The molecule has 0 saturated heterocycles. The summed E-state index contributed by atoms with van der Waals surface area (Å²) in [6.45, 7) is 8.03. The number of hydrogen-bond donors (Lipinski definition) is 0. The van der Waals surface area contributed by atoms with Gasteiger partial charge in [0.25, 0.3) is 0 Å². The second kappa shape index (κ2) is 8.73. The van der Waals surface area contributed by atoms with Crippen molar-refractivity contribution < 1.29 is 14.2 Å². The summed E-state index contributed by atoms with van der Waals surface area (Å²) >= 11 is 7.71. The fourth-order valence-corrected chi connectivity index (χ4v) is 17.0. The van der Waals surface area contributed by atoms with Crippen molar-refractivity contribution in [3.05, 3.63) is 0 Å². The minimum absolute atomic E-state index is 0.298. The molecule has 8 aliphatic rings. The summed E-state index contributed by atoms with van der Waals surface area (Å²) in [5, 5.41) is -0.848. The first kappa shape index (κ1) is 26.7. The Labute approximate surface area is 229 Å². The molecule has 0 spiro atoms. The van der Waals surface area contributed by atoms with Gasteiger partial charge in [-0.25, -0.2) is 0 Å². The van der Waals surface area contributed by atoms with Crippen LogP contribution in [0.3, 0.4) is 0 Å². The van der Waals surface area contributed by atoms with Crippen molar-refractivity contribution in [2.75, 3.05) is 26.2 Å². The molecular formula is C30H48ClN2O3P. The van der Waals surface area contributed by atoms with Crippen LogP contribution in [-0.2, 0) is 14.2 Å². The van der Waals surface area contributed by atoms with Gasteiger partial charge in [-0.15, -0.1) is 0 Å². The lowest BCUT2D eigenvalue weighted by molar-refractivity contribution is -0.157. The van der Waals surface area contributed by atoms with E-state index in [9.17, 15) is 9.59 Å². The van der Waals surface area contributed by atoms with Crippen LogP contribution in [-0.4, -0.2) is 58.1 Å². The van der Waals surface area contributed by atoms with E-state index < -0.39 is 16.8 Å². The molecule has 7 heteroatoms. The van der Waals surface area contributed by atoms with E-state index in [0.29, 0.717) is 35.5 Å². The van der Waals surface area contributed by atoms with Crippen LogP contribution in [0.5, 0.6) is 0 Å². The van der Waals surface area contributed by atoms with Crippen LogP contribution in [0, 0.1) is 34.5 Å². The van der Waals surface area contributed by atoms with Gasteiger partial charge in [0, 0.05) is 36.5 Å². The monoisotopic (exact) mass is 550 g/mol. The minimum atomic E-state index is -3.22. The van der Waals surface area contributed by atoms with Gasteiger partial charge in [0.15, 0.2) is 6.49 Å². The minimum Gasteiger partial charge on any atom is -0.343 e. The fourth-order valence-electron chi connectivity index (χ4n) is 11.8. The van der Waals surface area contributed by atoms with E-state index in [4.69, 9.17) is 11.2 Å². The smallest absolute Gasteiger partial charge is 0.228 e. The number of halogens is 1. The lowest BCUT2D eigenvalue weighted by Gasteiger charge is -2.68. The standard InChI is InChI=1S/C30H48ClN2O3P/c1-5-32(6-2)25(34)27-11-21-9-22(12-27)16-29(15-21,19-27)37(31,36)30-17-23-10-24(18-30)14-28(13-23,20-30)26(35)33(7-3)8-4/h21-24H,5-20H2,1-4H3/t21-,22-,23-,24+,27?,28?,29?,30?,37?/m0/s1. The number of nitrogens with zero attached hydrogens (tertiary/aromatic N) is 2. The van der Waals surface area contributed by atoms with Crippen molar-refractivity contribution in [3.63, 3.8) is 0 Å².